The minimum atomic E-state index is -0.500. The molecule has 1 fully saturated rings. The van der Waals surface area contributed by atoms with E-state index in [2.05, 4.69) is 0 Å². The van der Waals surface area contributed by atoms with Crippen molar-refractivity contribution < 1.29 is 9.31 Å². The van der Waals surface area contributed by atoms with Gasteiger partial charge < -0.3 is 5.73 Å². The lowest BCUT2D eigenvalue weighted by molar-refractivity contribution is -0.385. The van der Waals surface area contributed by atoms with Crippen LogP contribution in [0.5, 0.6) is 0 Å². The Hall–Kier alpha value is -1.49. The quantitative estimate of drug-likeness (QED) is 0.576. The number of nitrogens with two attached hydrogens (primary N) is 1. The first kappa shape index (κ1) is 9.08. The number of nitro groups is 1. The fraction of sp³-hybridized carbons (Fsp3) is 0.333. The monoisotopic (exact) mass is 196 g/mol. The predicted molar refractivity (Wildman–Crippen MR) is 48.4 cm³/mol. The molecule has 74 valence electrons. The molecule has 0 aromatic heterocycles. The molecule has 0 radical (unpaired) electrons. The Morgan fingerprint density at radius 1 is 1.57 bits per heavy atom. The SMILES string of the molecule is NC1CC1c1cc(F)ccc1[N+](=O)[O-]. The molecule has 0 amide bonds. The second kappa shape index (κ2) is 3.02. The molecule has 2 N–H and O–H groups in total. The molecule has 4 nitrogen and oxygen atoms in total. The molecule has 0 bridgehead atoms. The predicted octanol–water partition coefficient (Wildman–Crippen LogP) is 1.55. The van der Waals surface area contributed by atoms with Crippen molar-refractivity contribution in [2.45, 2.75) is 18.4 Å². The normalized spacial score (nSPS) is 24.7. The molecule has 1 aliphatic carbocycles. The van der Waals surface area contributed by atoms with E-state index >= 15 is 0 Å². The third-order valence-electron chi connectivity index (χ3n) is 2.43. The molecule has 5 heteroatoms. The van der Waals surface area contributed by atoms with Crippen molar-refractivity contribution in [3.05, 3.63) is 39.7 Å². The maximum Gasteiger partial charge on any atom is 0.273 e. The highest BCUT2D eigenvalue weighted by atomic mass is 19.1. The van der Waals surface area contributed by atoms with Crippen molar-refractivity contribution in [3.8, 4) is 0 Å². The lowest BCUT2D eigenvalue weighted by atomic mass is 10.1. The van der Waals surface area contributed by atoms with Gasteiger partial charge in [-0.05, 0) is 18.6 Å². The van der Waals surface area contributed by atoms with Crippen LogP contribution >= 0.6 is 0 Å². The van der Waals surface area contributed by atoms with E-state index in [9.17, 15) is 14.5 Å². The molecule has 2 unspecified atom stereocenters. The largest absolute Gasteiger partial charge is 0.327 e. The second-order valence-electron chi connectivity index (χ2n) is 3.47. The van der Waals surface area contributed by atoms with E-state index in [1.54, 1.807) is 0 Å². The number of rotatable bonds is 2. The van der Waals surface area contributed by atoms with Gasteiger partial charge in [-0.25, -0.2) is 4.39 Å². The lowest BCUT2D eigenvalue weighted by Crippen LogP contribution is -2.03. The van der Waals surface area contributed by atoms with Crippen LogP contribution in [-0.4, -0.2) is 11.0 Å². The highest BCUT2D eigenvalue weighted by Crippen LogP contribution is 2.43. The molecular formula is C9H9FN2O2. The number of nitro benzene ring substituents is 1. The molecule has 2 rings (SSSR count). The molecule has 0 saturated heterocycles. The Morgan fingerprint density at radius 2 is 2.21 bits per heavy atom. The molecular weight excluding hydrogens is 187 g/mol. The van der Waals surface area contributed by atoms with Gasteiger partial charge >= 0.3 is 0 Å². The average molecular weight is 196 g/mol. The van der Waals surface area contributed by atoms with Crippen molar-refractivity contribution in [1.82, 2.24) is 0 Å². The zero-order chi connectivity index (χ0) is 10.3. The zero-order valence-electron chi connectivity index (χ0n) is 7.31. The van der Waals surface area contributed by atoms with E-state index in [-0.39, 0.29) is 17.6 Å². The first-order chi connectivity index (χ1) is 6.59. The second-order valence-corrected chi connectivity index (χ2v) is 3.47. The summed E-state index contributed by atoms with van der Waals surface area (Å²) in [5.74, 6) is -0.504. The van der Waals surface area contributed by atoms with Crippen LogP contribution in [0.4, 0.5) is 10.1 Å². The summed E-state index contributed by atoms with van der Waals surface area (Å²) in [5.41, 5.74) is 5.95. The van der Waals surface area contributed by atoms with Gasteiger partial charge in [0, 0.05) is 23.6 Å². The Balaban J connectivity index is 2.44. The Morgan fingerprint density at radius 3 is 2.71 bits per heavy atom. The minimum absolute atomic E-state index is 0.0376. The summed E-state index contributed by atoms with van der Waals surface area (Å²) in [6.07, 6.45) is 0.699. The van der Waals surface area contributed by atoms with Crippen LogP contribution in [0.3, 0.4) is 0 Å². The van der Waals surface area contributed by atoms with Gasteiger partial charge in [0.15, 0.2) is 0 Å². The number of hydrogen-bond donors (Lipinski definition) is 1. The summed E-state index contributed by atoms with van der Waals surface area (Å²) >= 11 is 0. The highest BCUT2D eigenvalue weighted by Gasteiger charge is 2.39. The molecule has 1 aliphatic rings. The van der Waals surface area contributed by atoms with Crippen LogP contribution in [0.2, 0.25) is 0 Å². The average Bonchev–Trinajstić information content (AvgIpc) is 2.82. The van der Waals surface area contributed by atoms with E-state index in [4.69, 9.17) is 5.73 Å². The topological polar surface area (TPSA) is 69.2 Å². The van der Waals surface area contributed by atoms with Gasteiger partial charge in [-0.2, -0.15) is 0 Å². The summed E-state index contributed by atoms with van der Waals surface area (Å²) in [4.78, 5) is 10.1. The summed E-state index contributed by atoms with van der Waals surface area (Å²) in [6.45, 7) is 0. The molecule has 0 spiro atoms. The van der Waals surface area contributed by atoms with Gasteiger partial charge in [-0.3, -0.25) is 10.1 Å². The third kappa shape index (κ3) is 1.46. The maximum atomic E-state index is 12.9. The van der Waals surface area contributed by atoms with E-state index in [0.717, 1.165) is 6.07 Å². The zero-order valence-corrected chi connectivity index (χ0v) is 7.31. The van der Waals surface area contributed by atoms with Crippen LogP contribution in [0.1, 0.15) is 17.9 Å². The van der Waals surface area contributed by atoms with Gasteiger partial charge in [0.2, 0.25) is 0 Å². The summed E-state index contributed by atoms with van der Waals surface area (Å²) < 4.78 is 12.9. The third-order valence-corrected chi connectivity index (χ3v) is 2.43. The van der Waals surface area contributed by atoms with Gasteiger partial charge in [0.1, 0.15) is 5.82 Å². The van der Waals surface area contributed by atoms with Crippen LogP contribution in [0.15, 0.2) is 18.2 Å². The van der Waals surface area contributed by atoms with Gasteiger partial charge in [0.25, 0.3) is 5.69 Å². The van der Waals surface area contributed by atoms with Crippen molar-refractivity contribution in [2.75, 3.05) is 0 Å². The first-order valence-electron chi connectivity index (χ1n) is 4.29. The van der Waals surface area contributed by atoms with Crippen LogP contribution in [-0.2, 0) is 0 Å². The molecule has 14 heavy (non-hydrogen) atoms. The van der Waals surface area contributed by atoms with Gasteiger partial charge in [-0.1, -0.05) is 0 Å². The summed E-state index contributed by atoms with van der Waals surface area (Å²) in [5, 5.41) is 10.6. The van der Waals surface area contributed by atoms with Crippen LogP contribution < -0.4 is 5.73 Å². The smallest absolute Gasteiger partial charge is 0.273 e. The van der Waals surface area contributed by atoms with E-state index in [1.807, 2.05) is 0 Å². The number of benzene rings is 1. The Labute approximate surface area is 79.7 Å². The van der Waals surface area contributed by atoms with E-state index in [0.29, 0.717) is 12.0 Å². The van der Waals surface area contributed by atoms with Crippen molar-refractivity contribution in [3.63, 3.8) is 0 Å². The molecule has 1 aromatic rings. The highest BCUT2D eigenvalue weighted by molar-refractivity contribution is 5.46. The molecule has 2 atom stereocenters. The minimum Gasteiger partial charge on any atom is -0.327 e. The Bertz CT molecular complexity index is 394. The van der Waals surface area contributed by atoms with E-state index in [1.165, 1.54) is 12.1 Å². The maximum absolute atomic E-state index is 12.9. The fourth-order valence-corrected chi connectivity index (χ4v) is 1.56. The van der Waals surface area contributed by atoms with Crippen molar-refractivity contribution in [2.24, 2.45) is 5.73 Å². The number of hydrogen-bond acceptors (Lipinski definition) is 3. The lowest BCUT2D eigenvalue weighted by Gasteiger charge is -2.00. The van der Waals surface area contributed by atoms with Crippen LogP contribution in [0, 0.1) is 15.9 Å². The van der Waals surface area contributed by atoms with Crippen LogP contribution in [0.25, 0.3) is 0 Å². The molecule has 1 saturated carbocycles. The summed E-state index contributed by atoms with van der Waals surface area (Å²) in [7, 11) is 0. The first-order valence-corrected chi connectivity index (χ1v) is 4.29. The fourth-order valence-electron chi connectivity index (χ4n) is 1.56. The van der Waals surface area contributed by atoms with Gasteiger partial charge in [0.05, 0.1) is 4.92 Å². The number of halogens is 1. The Kier molecular flexibility index (Phi) is 1.96. The molecule has 0 aliphatic heterocycles. The van der Waals surface area contributed by atoms with E-state index < -0.39 is 10.7 Å². The molecule has 1 aromatic carbocycles. The van der Waals surface area contributed by atoms with Crippen molar-refractivity contribution in [1.29, 1.82) is 0 Å². The van der Waals surface area contributed by atoms with Crippen molar-refractivity contribution >= 4 is 5.69 Å². The number of nitrogens with zero attached hydrogens (tertiary/aromatic N) is 1. The molecule has 0 heterocycles. The summed E-state index contributed by atoms with van der Waals surface area (Å²) in [6, 6.07) is 3.43. The van der Waals surface area contributed by atoms with Gasteiger partial charge in [-0.15, -0.1) is 0 Å². The standard InChI is InChI=1S/C9H9FN2O2/c10-5-1-2-9(12(13)14)7(3-5)6-4-8(6)11/h1-3,6,8H,4,11H2.